The molecule has 0 atom stereocenters. The van der Waals surface area contributed by atoms with Gasteiger partial charge in [-0.3, -0.25) is 4.18 Å². The Morgan fingerprint density at radius 2 is 1.32 bits per heavy atom. The van der Waals surface area contributed by atoms with Gasteiger partial charge in [-0.05, 0) is 6.42 Å². The molecule has 0 saturated heterocycles. The summed E-state index contributed by atoms with van der Waals surface area (Å²) in [6.07, 6.45) is 11.7. The molecule has 0 heterocycles. The van der Waals surface area contributed by atoms with Crippen molar-refractivity contribution in [2.24, 2.45) is 0 Å². The monoisotopic (exact) mass is 385 g/mol. The van der Waals surface area contributed by atoms with Crippen LogP contribution in [-0.2, 0) is 27.2 Å². The van der Waals surface area contributed by atoms with E-state index < -0.39 is 10.4 Å². The third-order valence-corrected chi connectivity index (χ3v) is 3.18. The Balaban J connectivity index is -0.000000297. The van der Waals surface area contributed by atoms with Crippen LogP contribution in [-0.4, -0.2) is 19.6 Å². The fourth-order valence-electron chi connectivity index (χ4n) is 1.75. The number of hydrogen-bond acceptors (Lipinski definition) is 6. The Morgan fingerprint density at radius 3 is 1.64 bits per heavy atom. The molecule has 0 aromatic heterocycles. The molecule has 0 aromatic carbocycles. The van der Waals surface area contributed by atoms with Crippen molar-refractivity contribution in [2.45, 2.75) is 71.1 Å². The largest absolute Gasteiger partial charge is 1.00 e. The summed E-state index contributed by atoms with van der Waals surface area (Å²) in [5.74, 6) is 0. The smallest absolute Gasteiger partial charge is 0.726 e. The van der Waals surface area contributed by atoms with Gasteiger partial charge >= 0.3 is 80.9 Å². The van der Waals surface area contributed by atoms with Crippen LogP contribution >= 0.6 is 0 Å². The number of rotatable bonds is 12. The van der Waals surface area contributed by atoms with Crippen molar-refractivity contribution in [1.82, 2.24) is 0 Å². The van der Waals surface area contributed by atoms with E-state index in [0.29, 0.717) is 6.42 Å². The Hall–Kier alpha value is 2.22. The second kappa shape index (κ2) is 25.5. The molecular weight excluding hydrogens is 360 g/mol. The van der Waals surface area contributed by atoms with Crippen LogP contribution in [0.2, 0.25) is 0 Å². The van der Waals surface area contributed by atoms with E-state index in [1.165, 1.54) is 50.3 Å². The van der Waals surface area contributed by atoms with Crippen LogP contribution in [0.25, 0.3) is 0 Å². The molecule has 0 bridgehead atoms. The standard InChI is InChI=1S/C12H26O4S.CHNS.K.Na/c1-2-3-4-5-6-7-8-9-10-11-12-16-17(13,14)15;2-1-3;;/h2-12H2,1H3,(H,13,14,15);3H;;/q;;2*+1/p-2. The summed E-state index contributed by atoms with van der Waals surface area (Å²) in [4.78, 5) is 0. The minimum atomic E-state index is -4.48. The molecule has 0 aromatic rings. The predicted molar refractivity (Wildman–Crippen MR) is 80.5 cm³/mol. The summed E-state index contributed by atoms with van der Waals surface area (Å²) in [5.41, 5.74) is 0. The normalized spacial score (nSPS) is 9.50. The average molecular weight is 386 g/mol. The second-order valence-electron chi connectivity index (χ2n) is 4.50. The second-order valence-corrected chi connectivity index (χ2v) is 5.74. The van der Waals surface area contributed by atoms with E-state index in [1.54, 1.807) is 0 Å². The van der Waals surface area contributed by atoms with Crippen LogP contribution in [0.1, 0.15) is 71.1 Å². The minimum absolute atomic E-state index is 0. The minimum Gasteiger partial charge on any atom is -0.726 e. The van der Waals surface area contributed by atoms with Gasteiger partial charge in [-0.1, -0.05) is 70.1 Å². The first-order valence-electron chi connectivity index (χ1n) is 7.09. The molecule has 9 heteroatoms. The van der Waals surface area contributed by atoms with Gasteiger partial charge in [0.05, 0.1) is 6.61 Å². The molecule has 0 rings (SSSR count). The van der Waals surface area contributed by atoms with Crippen molar-refractivity contribution < 1.29 is 98.1 Å². The van der Waals surface area contributed by atoms with E-state index in [9.17, 15) is 13.0 Å². The summed E-state index contributed by atoms with van der Waals surface area (Å²) in [5, 5.41) is 8.47. The fourth-order valence-corrected chi connectivity index (χ4v) is 2.07. The van der Waals surface area contributed by atoms with Crippen LogP contribution in [0, 0.1) is 10.7 Å². The first-order valence-corrected chi connectivity index (χ1v) is 8.83. The molecule has 0 amide bonds. The zero-order valence-corrected chi connectivity index (χ0v) is 20.9. The number of nitriles is 1. The SMILES string of the molecule is CCCCCCCCCCCCOS(=O)(=O)[O-].N#C[S-].[K+].[Na+]. The van der Waals surface area contributed by atoms with Crippen LogP contribution < -0.4 is 80.9 Å². The van der Waals surface area contributed by atoms with Crippen LogP contribution in [0.15, 0.2) is 0 Å². The van der Waals surface area contributed by atoms with Crippen molar-refractivity contribution in [2.75, 3.05) is 6.61 Å². The maximum absolute atomic E-state index is 10.1. The summed E-state index contributed by atoms with van der Waals surface area (Å²) in [6.45, 7) is 2.24. The Bertz CT molecular complexity index is 337. The molecule has 0 spiro atoms. The summed E-state index contributed by atoms with van der Waals surface area (Å²) in [7, 11) is -4.48. The molecule has 5 nitrogen and oxygen atoms in total. The zero-order chi connectivity index (χ0) is 15.7. The molecule has 0 aliphatic rings. The van der Waals surface area contributed by atoms with Crippen molar-refractivity contribution >= 4 is 23.0 Å². The summed E-state index contributed by atoms with van der Waals surface area (Å²) < 4.78 is 34.5. The zero-order valence-electron chi connectivity index (χ0n) is 14.2. The molecular formula is C13H25KNNaO4S2. The van der Waals surface area contributed by atoms with Gasteiger partial charge in [-0.2, -0.15) is 0 Å². The van der Waals surface area contributed by atoms with Crippen molar-refractivity contribution in [1.29, 1.82) is 5.26 Å². The molecule has 0 aliphatic heterocycles. The van der Waals surface area contributed by atoms with Crippen molar-refractivity contribution in [3.63, 3.8) is 0 Å². The van der Waals surface area contributed by atoms with E-state index in [4.69, 9.17) is 5.26 Å². The van der Waals surface area contributed by atoms with Crippen molar-refractivity contribution in [3.05, 3.63) is 0 Å². The molecule has 0 unspecified atom stereocenters. The maximum atomic E-state index is 10.1. The maximum Gasteiger partial charge on any atom is 1.00 e. The molecule has 0 radical (unpaired) electrons. The third kappa shape index (κ3) is 38.0. The van der Waals surface area contributed by atoms with Gasteiger partial charge in [0, 0.05) is 0 Å². The third-order valence-electron chi connectivity index (χ3n) is 2.73. The number of unbranched alkanes of at least 4 members (excludes halogenated alkanes) is 9. The van der Waals surface area contributed by atoms with Crippen LogP contribution in [0.5, 0.6) is 0 Å². The van der Waals surface area contributed by atoms with Crippen LogP contribution in [0.3, 0.4) is 0 Å². The summed E-state index contributed by atoms with van der Waals surface area (Å²) in [6, 6.07) is 0. The van der Waals surface area contributed by atoms with E-state index >= 15 is 0 Å². The molecule has 0 aliphatic carbocycles. The Labute approximate surface area is 206 Å². The number of thiocyanates is 1. The topological polar surface area (TPSA) is 90.2 Å². The van der Waals surface area contributed by atoms with Gasteiger partial charge in [0.15, 0.2) is 0 Å². The van der Waals surface area contributed by atoms with E-state index in [2.05, 4.69) is 23.7 Å². The Morgan fingerprint density at radius 1 is 1.00 bits per heavy atom. The first kappa shape index (κ1) is 31.9. The fraction of sp³-hybridized carbons (Fsp3) is 0.923. The van der Waals surface area contributed by atoms with Gasteiger partial charge in [0.1, 0.15) is 0 Å². The van der Waals surface area contributed by atoms with Gasteiger partial charge in [-0.15, -0.1) is 0 Å². The Kier molecular flexibility index (Phi) is 37.0. The van der Waals surface area contributed by atoms with Gasteiger partial charge in [0.2, 0.25) is 10.4 Å². The van der Waals surface area contributed by atoms with E-state index in [-0.39, 0.29) is 87.5 Å². The average Bonchev–Trinajstić information content (AvgIpc) is 2.35. The van der Waals surface area contributed by atoms with Gasteiger partial charge in [0.25, 0.3) is 0 Å². The number of nitrogens with zero attached hydrogens (tertiary/aromatic N) is 1. The summed E-state index contributed by atoms with van der Waals surface area (Å²) >= 11 is 3.70. The first-order chi connectivity index (χ1) is 9.47. The van der Waals surface area contributed by atoms with Gasteiger partial charge < -0.3 is 17.2 Å². The molecule has 22 heavy (non-hydrogen) atoms. The van der Waals surface area contributed by atoms with E-state index in [0.717, 1.165) is 12.8 Å². The van der Waals surface area contributed by atoms with E-state index in [1.807, 2.05) is 0 Å². The molecule has 0 saturated carbocycles. The van der Waals surface area contributed by atoms with Gasteiger partial charge in [-0.25, -0.2) is 13.7 Å². The van der Waals surface area contributed by atoms with Crippen LogP contribution in [0.4, 0.5) is 0 Å². The van der Waals surface area contributed by atoms with Crippen molar-refractivity contribution in [3.8, 4) is 5.40 Å². The number of hydrogen-bond donors (Lipinski definition) is 0. The molecule has 0 N–H and O–H groups in total. The molecule has 0 fully saturated rings. The molecule has 120 valence electrons. The quantitative estimate of drug-likeness (QED) is 0.0914. The predicted octanol–water partition coefficient (Wildman–Crippen LogP) is -2.59.